The number of hydrogen-bond acceptors (Lipinski definition) is 12. The fourth-order valence-electron chi connectivity index (χ4n) is 5.37. The SMILES string of the molecule is CC[C@H](Nc1nc(N)nc(C)c1C#N)C1=Cc2cccc(C#CCCCC(=O)N(CCOC)CCOC)c2S(O)(O)N1c1cncc(F)c1. The Morgan fingerprint density at radius 2 is 1.94 bits per heavy atom. The number of unbranched alkanes of at least 4 members (excludes halogenated alkanes) is 1. The first-order chi connectivity index (χ1) is 23.5. The Morgan fingerprint density at radius 1 is 1.20 bits per heavy atom. The minimum absolute atomic E-state index is 0.0278. The number of halogens is 1. The lowest BCUT2D eigenvalue weighted by Crippen LogP contribution is -2.39. The van der Waals surface area contributed by atoms with Crippen LogP contribution >= 0.6 is 10.8 Å². The topological polar surface area (TPSA) is 183 Å². The number of anilines is 3. The average molecular weight is 693 g/mol. The summed E-state index contributed by atoms with van der Waals surface area (Å²) in [5, 5.41) is 13.0. The van der Waals surface area contributed by atoms with Crippen LogP contribution in [0.25, 0.3) is 6.08 Å². The second-order valence-electron chi connectivity index (χ2n) is 11.1. The van der Waals surface area contributed by atoms with Crippen molar-refractivity contribution in [2.75, 3.05) is 55.9 Å². The van der Waals surface area contributed by atoms with Crippen molar-refractivity contribution in [3.05, 3.63) is 70.6 Å². The lowest BCUT2D eigenvalue weighted by Gasteiger charge is -2.50. The maximum atomic E-state index is 14.6. The van der Waals surface area contributed by atoms with Crippen molar-refractivity contribution in [2.24, 2.45) is 0 Å². The molecular formula is C34H41FN8O5S. The summed E-state index contributed by atoms with van der Waals surface area (Å²) in [4.78, 5) is 26.9. The van der Waals surface area contributed by atoms with E-state index in [-0.39, 0.29) is 40.2 Å². The van der Waals surface area contributed by atoms with Gasteiger partial charge in [-0.1, -0.05) is 41.7 Å². The number of aryl methyl sites for hydroxylation is 1. The Kier molecular flexibility index (Phi) is 12.9. The van der Waals surface area contributed by atoms with Gasteiger partial charge in [-0.15, -0.1) is 0 Å². The smallest absolute Gasteiger partial charge is 0.222 e. The predicted molar refractivity (Wildman–Crippen MR) is 187 cm³/mol. The van der Waals surface area contributed by atoms with Crippen LogP contribution in [-0.2, 0) is 14.3 Å². The summed E-state index contributed by atoms with van der Waals surface area (Å²) in [6, 6.07) is 7.79. The van der Waals surface area contributed by atoms with E-state index in [9.17, 15) is 23.6 Å². The number of methoxy groups -OCH3 is 2. The summed E-state index contributed by atoms with van der Waals surface area (Å²) >= 11 is 0. The Bertz CT molecular complexity index is 1780. The number of carbonyl (C=O) groups is 1. The minimum atomic E-state index is -3.89. The molecular weight excluding hydrogens is 651 g/mol. The number of rotatable bonds is 14. The third-order valence-corrected chi connectivity index (χ3v) is 9.67. The summed E-state index contributed by atoms with van der Waals surface area (Å²) in [6.45, 7) is 5.28. The molecule has 0 radical (unpaired) electrons. The minimum Gasteiger partial charge on any atom is -0.383 e. The van der Waals surface area contributed by atoms with Crippen molar-refractivity contribution in [1.82, 2.24) is 19.9 Å². The normalized spacial score (nSPS) is 14.4. The summed E-state index contributed by atoms with van der Waals surface area (Å²) in [6.07, 6.45) is 5.70. The monoisotopic (exact) mass is 692 g/mol. The highest BCUT2D eigenvalue weighted by atomic mass is 32.3. The number of ether oxygens (including phenoxy) is 2. The molecule has 260 valence electrons. The van der Waals surface area contributed by atoms with E-state index in [0.29, 0.717) is 68.1 Å². The maximum absolute atomic E-state index is 14.6. The van der Waals surface area contributed by atoms with Crippen LogP contribution in [0.5, 0.6) is 0 Å². The molecule has 49 heavy (non-hydrogen) atoms. The van der Waals surface area contributed by atoms with Crippen LogP contribution in [0.2, 0.25) is 0 Å². The summed E-state index contributed by atoms with van der Waals surface area (Å²) in [7, 11) is -0.724. The molecule has 0 unspecified atom stereocenters. The number of carbonyl (C=O) groups excluding carboxylic acids is 1. The van der Waals surface area contributed by atoms with Gasteiger partial charge in [0, 0.05) is 51.8 Å². The van der Waals surface area contributed by atoms with E-state index in [1.165, 1.54) is 10.5 Å². The number of nitrogens with two attached hydrogens (primary N) is 1. The first-order valence-corrected chi connectivity index (χ1v) is 17.1. The van der Waals surface area contributed by atoms with Crippen LogP contribution in [0, 0.1) is 35.9 Å². The Balaban J connectivity index is 1.69. The fourth-order valence-corrected chi connectivity index (χ4v) is 7.28. The number of benzene rings is 1. The van der Waals surface area contributed by atoms with Crippen LogP contribution in [0.15, 0.2) is 47.3 Å². The molecule has 2 aromatic heterocycles. The van der Waals surface area contributed by atoms with Crippen molar-refractivity contribution in [3.8, 4) is 17.9 Å². The zero-order chi connectivity index (χ0) is 35.6. The third kappa shape index (κ3) is 8.83. The second kappa shape index (κ2) is 17.1. The molecule has 1 aromatic carbocycles. The van der Waals surface area contributed by atoms with Crippen LogP contribution in [0.1, 0.15) is 55.0 Å². The number of nitriles is 1. The van der Waals surface area contributed by atoms with Crippen molar-refractivity contribution >= 4 is 40.2 Å². The van der Waals surface area contributed by atoms with Gasteiger partial charge in [-0.25, -0.2) is 13.7 Å². The molecule has 4 rings (SSSR count). The standard InChI is InChI=1S/C34H41FN8O5S/c1-5-29(40-33-28(20-36)23(2)39-34(37)41-33)30-18-25-12-9-11-24(32(25)49(45,46)43(30)27-19-26(35)21-38-22-27)10-7-6-8-13-31(44)42(14-16-47-3)15-17-48-4/h9,11-12,18-19,21-22,29,45-46H,5-6,8,13-17H2,1-4H3,(H3,37,39,40,41)/t29-/m0/s1. The van der Waals surface area contributed by atoms with E-state index in [4.69, 9.17) is 15.2 Å². The van der Waals surface area contributed by atoms with Crippen molar-refractivity contribution in [2.45, 2.75) is 50.5 Å². The molecule has 1 aliphatic heterocycles. The Morgan fingerprint density at radius 3 is 2.59 bits per heavy atom. The molecule has 0 spiro atoms. The van der Waals surface area contributed by atoms with E-state index >= 15 is 0 Å². The van der Waals surface area contributed by atoms with Gasteiger partial charge in [-0.3, -0.25) is 18.9 Å². The van der Waals surface area contributed by atoms with Crippen LogP contribution < -0.4 is 15.4 Å². The summed E-state index contributed by atoms with van der Waals surface area (Å²) in [5.74, 6) is 5.59. The molecule has 1 atom stereocenters. The number of nitrogen functional groups attached to an aromatic ring is 1. The Labute approximate surface area is 287 Å². The maximum Gasteiger partial charge on any atom is 0.222 e. The van der Waals surface area contributed by atoms with Crippen molar-refractivity contribution < 1.29 is 27.8 Å². The molecule has 1 aliphatic rings. The van der Waals surface area contributed by atoms with Crippen LogP contribution in [0.3, 0.4) is 0 Å². The van der Waals surface area contributed by atoms with Crippen LogP contribution in [0.4, 0.5) is 21.8 Å². The zero-order valence-corrected chi connectivity index (χ0v) is 28.8. The largest absolute Gasteiger partial charge is 0.383 e. The van der Waals surface area contributed by atoms with Gasteiger partial charge in [0.2, 0.25) is 11.9 Å². The lowest BCUT2D eigenvalue weighted by atomic mass is 10.0. The molecule has 3 aromatic rings. The van der Waals surface area contributed by atoms with Gasteiger partial charge < -0.3 is 25.4 Å². The highest BCUT2D eigenvalue weighted by molar-refractivity contribution is 8.25. The summed E-state index contributed by atoms with van der Waals surface area (Å²) in [5.41, 5.74) is 7.82. The summed E-state index contributed by atoms with van der Waals surface area (Å²) < 4.78 is 50.2. The first-order valence-electron chi connectivity index (χ1n) is 15.6. The number of fused-ring (bicyclic) bond motifs is 1. The molecule has 0 bridgehead atoms. The molecule has 0 aliphatic carbocycles. The van der Waals surface area contributed by atoms with Gasteiger partial charge >= 0.3 is 0 Å². The molecule has 15 heteroatoms. The highest BCUT2D eigenvalue weighted by Crippen LogP contribution is 2.61. The average Bonchev–Trinajstić information content (AvgIpc) is 3.06. The predicted octanol–water partition coefficient (Wildman–Crippen LogP) is 5.19. The van der Waals surface area contributed by atoms with Crippen molar-refractivity contribution in [1.29, 1.82) is 5.26 Å². The number of amides is 1. The molecule has 1 amide bonds. The first kappa shape index (κ1) is 37.1. The van der Waals surface area contributed by atoms with Gasteiger partial charge in [0.05, 0.1) is 54.3 Å². The van der Waals surface area contributed by atoms with E-state index in [0.717, 1.165) is 12.3 Å². The van der Waals surface area contributed by atoms with E-state index in [1.54, 1.807) is 50.3 Å². The second-order valence-corrected chi connectivity index (χ2v) is 12.9. The van der Waals surface area contributed by atoms with Crippen LogP contribution in [-0.4, -0.2) is 81.4 Å². The van der Waals surface area contributed by atoms with Crippen molar-refractivity contribution in [3.63, 3.8) is 0 Å². The third-order valence-electron chi connectivity index (χ3n) is 7.73. The van der Waals surface area contributed by atoms with Gasteiger partial charge in [0.15, 0.2) is 0 Å². The molecule has 0 fully saturated rings. The van der Waals surface area contributed by atoms with Gasteiger partial charge in [0.1, 0.15) is 28.2 Å². The zero-order valence-electron chi connectivity index (χ0n) is 27.9. The van der Waals surface area contributed by atoms with Gasteiger partial charge in [0.25, 0.3) is 0 Å². The number of nitrogens with one attached hydrogen (secondary N) is 1. The van der Waals surface area contributed by atoms with Gasteiger partial charge in [-0.05, 0) is 31.9 Å². The van der Waals surface area contributed by atoms with E-state index < -0.39 is 22.6 Å². The number of nitrogens with zero attached hydrogens (tertiary/aromatic N) is 6. The number of pyridine rings is 1. The molecule has 0 saturated carbocycles. The lowest BCUT2D eigenvalue weighted by molar-refractivity contribution is -0.132. The number of hydrogen-bond donors (Lipinski definition) is 4. The molecule has 5 N–H and O–H groups in total. The molecule has 3 heterocycles. The van der Waals surface area contributed by atoms with E-state index in [1.807, 2.05) is 6.92 Å². The fraction of sp³-hybridized carbons (Fsp3) is 0.382. The number of aromatic nitrogens is 3. The molecule has 0 saturated heterocycles. The molecule has 13 nitrogen and oxygen atoms in total. The highest BCUT2D eigenvalue weighted by Gasteiger charge is 2.39. The van der Waals surface area contributed by atoms with Gasteiger partial charge in [-0.2, -0.15) is 10.2 Å². The quantitative estimate of drug-likeness (QED) is 0.128. The Hall–Kier alpha value is -4.77. The van der Waals surface area contributed by atoms with E-state index in [2.05, 4.69) is 38.2 Å².